The summed E-state index contributed by atoms with van der Waals surface area (Å²) in [6, 6.07) is 8.25. The first-order chi connectivity index (χ1) is 13.8. The Bertz CT molecular complexity index is 735. The number of benzene rings is 1. The molecule has 0 heterocycles. The summed E-state index contributed by atoms with van der Waals surface area (Å²) in [4.78, 5) is 32.9. The number of nitrogens with zero attached hydrogens (tertiary/aromatic N) is 2. The molecule has 0 aliphatic rings. The quantitative estimate of drug-likeness (QED) is 0.250. The molecule has 1 rings (SSSR count). The zero-order valence-electron chi connectivity index (χ0n) is 17.1. The predicted octanol–water partition coefficient (Wildman–Crippen LogP) is 0.889. The molecule has 0 saturated carbocycles. The summed E-state index contributed by atoms with van der Waals surface area (Å²) in [5.74, 6) is -1.82. The Balaban J connectivity index is 3.06. The van der Waals surface area contributed by atoms with E-state index >= 15 is 0 Å². The fourth-order valence-corrected chi connectivity index (χ4v) is 2.71. The largest absolute Gasteiger partial charge is 0.475 e. The van der Waals surface area contributed by atoms with E-state index in [1.807, 2.05) is 44.2 Å². The lowest BCUT2D eigenvalue weighted by Crippen LogP contribution is -2.55. The fourth-order valence-electron chi connectivity index (χ4n) is 2.71. The number of nitrogens with one attached hydrogen (secondary N) is 2. The Morgan fingerprint density at radius 1 is 1.21 bits per heavy atom. The van der Waals surface area contributed by atoms with Gasteiger partial charge in [0, 0.05) is 12.6 Å². The second-order valence-corrected chi connectivity index (χ2v) is 6.96. The summed E-state index contributed by atoms with van der Waals surface area (Å²) in [6.07, 6.45) is 3.23. The monoisotopic (exact) mass is 400 g/mol. The van der Waals surface area contributed by atoms with Gasteiger partial charge in [0.25, 0.3) is 5.91 Å². The topological polar surface area (TPSA) is 123 Å². The molecular weight excluding hydrogens is 371 g/mol. The number of carbonyl (C=O) groups excluding carboxylic acids is 2. The van der Waals surface area contributed by atoms with E-state index in [4.69, 9.17) is 0 Å². The van der Waals surface area contributed by atoms with E-state index in [0.29, 0.717) is 6.42 Å². The third kappa shape index (κ3) is 8.84. The summed E-state index contributed by atoms with van der Waals surface area (Å²) in [5, 5.41) is 24.5. The highest BCUT2D eigenvalue weighted by atomic mass is 16.4. The summed E-state index contributed by atoms with van der Waals surface area (Å²) in [5.41, 5.74) is 0.846. The summed E-state index contributed by atoms with van der Waals surface area (Å²) < 4.78 is 0. The lowest BCUT2D eigenvalue weighted by molar-refractivity contribution is -0.127. The van der Waals surface area contributed by atoms with Gasteiger partial charge in [-0.2, -0.15) is 0 Å². The van der Waals surface area contributed by atoms with Crippen LogP contribution in [0, 0.1) is 5.92 Å². The van der Waals surface area contributed by atoms with Crippen LogP contribution >= 0.6 is 0 Å². The molecule has 0 spiro atoms. The first-order valence-corrected chi connectivity index (χ1v) is 9.44. The molecular formula is C20H29BN4O4. The Hall–Kier alpha value is -2.78. The van der Waals surface area contributed by atoms with Crippen molar-refractivity contribution in [1.29, 1.82) is 0 Å². The standard InChI is InChI=1S/C20H29BN4O4/c1-5-23-17(13-22-4)20(27)24-16(12-15-9-7-6-8-10-15)19(26)25-18(21(28)29)11-14(2)3/h5-10,13-14,16,18,28-29H,4,11-12H2,1-3H3,(H,24,27)(H,25,26)/b17-13-,23-5?/t16-,18-/m0/s1. The normalized spacial score (nSPS) is 13.8. The maximum absolute atomic E-state index is 12.9. The van der Waals surface area contributed by atoms with E-state index in [9.17, 15) is 19.6 Å². The first kappa shape index (κ1) is 24.3. The average molecular weight is 400 g/mol. The molecule has 2 amide bonds. The lowest BCUT2D eigenvalue weighted by atomic mass is 9.75. The SMILES string of the molecule is C=N/C=C(\N=CC)C(=O)N[C@@H](Cc1ccccc1)C(=O)N[C@@H](CC(C)C)B(O)O. The van der Waals surface area contributed by atoms with Crippen LogP contribution in [0.3, 0.4) is 0 Å². The van der Waals surface area contributed by atoms with Crippen molar-refractivity contribution in [3.05, 3.63) is 47.8 Å². The molecule has 2 atom stereocenters. The zero-order chi connectivity index (χ0) is 21.8. The molecule has 0 fully saturated rings. The van der Waals surface area contributed by atoms with Crippen LogP contribution in [0.1, 0.15) is 32.8 Å². The molecule has 0 aliphatic heterocycles. The molecule has 0 aliphatic carbocycles. The van der Waals surface area contributed by atoms with Gasteiger partial charge in [-0.1, -0.05) is 44.2 Å². The van der Waals surface area contributed by atoms with E-state index in [1.54, 1.807) is 6.92 Å². The molecule has 156 valence electrons. The van der Waals surface area contributed by atoms with Crippen molar-refractivity contribution in [3.8, 4) is 0 Å². The van der Waals surface area contributed by atoms with Crippen LogP contribution in [0.15, 0.2) is 52.2 Å². The van der Waals surface area contributed by atoms with E-state index < -0.39 is 30.9 Å². The van der Waals surface area contributed by atoms with Gasteiger partial charge >= 0.3 is 7.12 Å². The highest BCUT2D eigenvalue weighted by molar-refractivity contribution is 6.43. The number of rotatable bonds is 11. The molecule has 9 heteroatoms. The van der Waals surface area contributed by atoms with Gasteiger partial charge in [-0.3, -0.25) is 19.6 Å². The molecule has 0 bridgehead atoms. The van der Waals surface area contributed by atoms with Crippen molar-refractivity contribution in [2.75, 3.05) is 0 Å². The number of hydrogen-bond donors (Lipinski definition) is 4. The van der Waals surface area contributed by atoms with Crippen LogP contribution in [-0.2, 0) is 16.0 Å². The van der Waals surface area contributed by atoms with Gasteiger partial charge in [0.1, 0.15) is 11.7 Å². The third-order valence-electron chi connectivity index (χ3n) is 4.03. The van der Waals surface area contributed by atoms with E-state index in [0.717, 1.165) is 5.56 Å². The van der Waals surface area contributed by atoms with Crippen LogP contribution in [0.25, 0.3) is 0 Å². The minimum Gasteiger partial charge on any atom is -0.426 e. The smallest absolute Gasteiger partial charge is 0.426 e. The van der Waals surface area contributed by atoms with Crippen molar-refractivity contribution < 1.29 is 19.6 Å². The number of aliphatic imine (C=N–C) groups is 2. The Kier molecular flexibility index (Phi) is 10.6. The molecule has 8 nitrogen and oxygen atoms in total. The molecule has 0 radical (unpaired) electrons. The van der Waals surface area contributed by atoms with Crippen molar-refractivity contribution >= 4 is 31.9 Å². The molecule has 1 aromatic rings. The fraction of sp³-hybridized carbons (Fsp3) is 0.400. The highest BCUT2D eigenvalue weighted by Crippen LogP contribution is 2.09. The van der Waals surface area contributed by atoms with Crippen molar-refractivity contribution in [1.82, 2.24) is 10.6 Å². The predicted molar refractivity (Wildman–Crippen MR) is 115 cm³/mol. The number of carbonyl (C=O) groups is 2. The molecule has 0 saturated heterocycles. The summed E-state index contributed by atoms with van der Waals surface area (Å²) in [6.45, 7) is 8.79. The van der Waals surface area contributed by atoms with Gasteiger partial charge < -0.3 is 20.7 Å². The zero-order valence-corrected chi connectivity index (χ0v) is 17.1. The van der Waals surface area contributed by atoms with Crippen molar-refractivity contribution in [2.45, 2.75) is 45.6 Å². The maximum Gasteiger partial charge on any atom is 0.475 e. The van der Waals surface area contributed by atoms with E-state index in [1.165, 1.54) is 12.4 Å². The first-order valence-electron chi connectivity index (χ1n) is 9.44. The molecule has 0 aromatic heterocycles. The van der Waals surface area contributed by atoms with Crippen LogP contribution in [0.5, 0.6) is 0 Å². The average Bonchev–Trinajstić information content (AvgIpc) is 2.67. The Labute approximate surface area is 172 Å². The molecule has 29 heavy (non-hydrogen) atoms. The number of amides is 2. The van der Waals surface area contributed by atoms with E-state index in [2.05, 4.69) is 27.3 Å². The minimum atomic E-state index is -1.71. The van der Waals surface area contributed by atoms with Gasteiger partial charge in [-0.15, -0.1) is 0 Å². The highest BCUT2D eigenvalue weighted by Gasteiger charge is 2.30. The second-order valence-electron chi connectivity index (χ2n) is 6.96. The van der Waals surface area contributed by atoms with Gasteiger partial charge in [0.05, 0.1) is 12.1 Å². The number of hydrogen-bond acceptors (Lipinski definition) is 6. The van der Waals surface area contributed by atoms with Crippen LogP contribution in [0.2, 0.25) is 0 Å². The van der Waals surface area contributed by atoms with Crippen LogP contribution in [-0.4, -0.2) is 53.9 Å². The molecule has 4 N–H and O–H groups in total. The van der Waals surface area contributed by atoms with Crippen molar-refractivity contribution in [3.63, 3.8) is 0 Å². The van der Waals surface area contributed by atoms with Gasteiger partial charge in [0.2, 0.25) is 5.91 Å². The van der Waals surface area contributed by atoms with Gasteiger partial charge in [0.15, 0.2) is 0 Å². The minimum absolute atomic E-state index is 0.00860. The van der Waals surface area contributed by atoms with Gasteiger partial charge in [-0.25, -0.2) is 0 Å². The van der Waals surface area contributed by atoms with Crippen molar-refractivity contribution in [2.24, 2.45) is 15.9 Å². The van der Waals surface area contributed by atoms with Crippen LogP contribution < -0.4 is 10.6 Å². The Morgan fingerprint density at radius 2 is 1.86 bits per heavy atom. The summed E-state index contributed by atoms with van der Waals surface area (Å²) in [7, 11) is -1.71. The second kappa shape index (κ2) is 12.6. The third-order valence-corrected chi connectivity index (χ3v) is 4.03. The molecule has 0 unspecified atom stereocenters. The van der Waals surface area contributed by atoms with E-state index in [-0.39, 0.29) is 18.0 Å². The van der Waals surface area contributed by atoms with Crippen LogP contribution in [0.4, 0.5) is 0 Å². The lowest BCUT2D eigenvalue weighted by Gasteiger charge is -2.24. The molecule has 1 aromatic carbocycles. The Morgan fingerprint density at radius 3 is 2.38 bits per heavy atom. The maximum atomic E-state index is 12.9. The summed E-state index contributed by atoms with van der Waals surface area (Å²) >= 11 is 0. The van der Waals surface area contributed by atoms with Gasteiger partial charge in [-0.05, 0) is 31.5 Å².